The second-order valence-corrected chi connectivity index (χ2v) is 7.83. The number of carbonyl (C=O) groups excluding carboxylic acids is 1. The maximum atomic E-state index is 12.2. The van der Waals surface area contributed by atoms with Gasteiger partial charge in [0.25, 0.3) is 0 Å². The highest BCUT2D eigenvalue weighted by Gasteiger charge is 2.16. The van der Waals surface area contributed by atoms with Gasteiger partial charge in [0.15, 0.2) is 0 Å². The minimum atomic E-state index is -3.79. The molecule has 2 aromatic carbocycles. The molecule has 1 N–H and O–H groups in total. The molecule has 0 heterocycles. The molecule has 0 aliphatic carbocycles. The van der Waals surface area contributed by atoms with Crippen LogP contribution in [0.5, 0.6) is 11.5 Å². The lowest BCUT2D eigenvalue weighted by Crippen LogP contribution is -2.30. The Morgan fingerprint density at radius 3 is 2.04 bits per heavy atom. The molecule has 0 saturated carbocycles. The number of ether oxygens (including phenoxy) is 2. The van der Waals surface area contributed by atoms with Crippen molar-refractivity contribution in [1.29, 1.82) is 0 Å². The third kappa shape index (κ3) is 4.42. The van der Waals surface area contributed by atoms with Crippen LogP contribution in [-0.4, -0.2) is 28.0 Å². The summed E-state index contributed by atoms with van der Waals surface area (Å²) in [4.78, 5) is 11.1. The van der Waals surface area contributed by atoms with E-state index in [4.69, 9.17) is 4.74 Å². The average molecular weight is 377 g/mol. The van der Waals surface area contributed by atoms with E-state index in [1.807, 2.05) is 27.7 Å². The predicted octanol–water partition coefficient (Wildman–Crippen LogP) is 3.16. The summed E-state index contributed by atoms with van der Waals surface area (Å²) in [7, 11) is -2.60. The predicted molar refractivity (Wildman–Crippen MR) is 99.1 cm³/mol. The second-order valence-electron chi connectivity index (χ2n) is 6.06. The molecule has 0 fully saturated rings. The molecular formula is C19H23NO5S. The third-order valence-corrected chi connectivity index (χ3v) is 5.70. The van der Waals surface area contributed by atoms with Gasteiger partial charge in [-0.05, 0) is 74.2 Å². The summed E-state index contributed by atoms with van der Waals surface area (Å²) in [5.74, 6) is 0.657. The van der Waals surface area contributed by atoms with Crippen LogP contribution in [0.1, 0.15) is 22.3 Å². The van der Waals surface area contributed by atoms with E-state index in [0.717, 1.165) is 28.0 Å². The fourth-order valence-corrected chi connectivity index (χ4v) is 3.42. The first-order chi connectivity index (χ1) is 12.2. The van der Waals surface area contributed by atoms with Gasteiger partial charge in [0, 0.05) is 0 Å². The molecule has 0 aliphatic rings. The van der Waals surface area contributed by atoms with Crippen LogP contribution in [0.25, 0.3) is 0 Å². The minimum Gasteiger partial charge on any atom is -0.468 e. The van der Waals surface area contributed by atoms with E-state index < -0.39 is 22.5 Å². The third-order valence-electron chi connectivity index (χ3n) is 4.29. The van der Waals surface area contributed by atoms with Gasteiger partial charge in [0.05, 0.1) is 12.0 Å². The number of rotatable bonds is 6. The van der Waals surface area contributed by atoms with Crippen molar-refractivity contribution in [3.05, 3.63) is 52.6 Å². The number of nitrogens with one attached hydrogen (secondary N) is 1. The number of hydrogen-bond acceptors (Lipinski definition) is 5. The highest BCUT2D eigenvalue weighted by molar-refractivity contribution is 7.89. The molecule has 0 aromatic heterocycles. The van der Waals surface area contributed by atoms with Crippen molar-refractivity contribution in [2.45, 2.75) is 32.6 Å². The van der Waals surface area contributed by atoms with Crippen LogP contribution < -0.4 is 9.46 Å². The van der Waals surface area contributed by atoms with Crippen molar-refractivity contribution in [1.82, 2.24) is 4.72 Å². The number of hydrogen-bond donors (Lipinski definition) is 1. The Balaban J connectivity index is 2.22. The molecule has 0 bridgehead atoms. The van der Waals surface area contributed by atoms with Crippen LogP contribution >= 0.6 is 0 Å². The summed E-state index contributed by atoms with van der Waals surface area (Å²) < 4.78 is 36.9. The van der Waals surface area contributed by atoms with Crippen LogP contribution in [0.4, 0.5) is 0 Å². The lowest BCUT2D eigenvalue weighted by Gasteiger charge is -2.16. The first-order valence-electron chi connectivity index (χ1n) is 8.07. The fourth-order valence-electron chi connectivity index (χ4n) is 2.45. The Hall–Kier alpha value is -2.38. The molecule has 2 aromatic rings. The molecule has 0 spiro atoms. The van der Waals surface area contributed by atoms with Crippen LogP contribution in [0.15, 0.2) is 35.2 Å². The van der Waals surface area contributed by atoms with E-state index in [2.05, 4.69) is 15.5 Å². The fraction of sp³-hybridized carbons (Fsp3) is 0.316. The van der Waals surface area contributed by atoms with Gasteiger partial charge < -0.3 is 9.47 Å². The van der Waals surface area contributed by atoms with Gasteiger partial charge in [0.2, 0.25) is 10.0 Å². The Morgan fingerprint density at radius 2 is 1.54 bits per heavy atom. The van der Waals surface area contributed by atoms with Gasteiger partial charge >= 0.3 is 5.97 Å². The van der Waals surface area contributed by atoms with Gasteiger partial charge in [-0.2, -0.15) is 4.72 Å². The summed E-state index contributed by atoms with van der Waals surface area (Å²) in [5, 5.41) is 0. The van der Waals surface area contributed by atoms with Gasteiger partial charge in [-0.15, -0.1) is 0 Å². The van der Waals surface area contributed by atoms with E-state index in [0.29, 0.717) is 5.75 Å². The molecule has 0 unspecified atom stereocenters. The van der Waals surface area contributed by atoms with Gasteiger partial charge in [-0.3, -0.25) is 4.79 Å². The molecule has 140 valence electrons. The molecule has 7 heteroatoms. The highest BCUT2D eigenvalue weighted by Crippen LogP contribution is 2.33. The molecular weight excluding hydrogens is 354 g/mol. The van der Waals surface area contributed by atoms with Gasteiger partial charge in [-0.25, -0.2) is 8.42 Å². The molecule has 0 radical (unpaired) electrons. The molecule has 26 heavy (non-hydrogen) atoms. The average Bonchev–Trinajstić information content (AvgIpc) is 2.62. The van der Waals surface area contributed by atoms with Crippen LogP contribution in [-0.2, 0) is 19.6 Å². The standard InChI is InChI=1S/C19H23NO5S/c1-12-10-13(2)15(4)19(14(12)3)25-16-6-8-17(9-7-16)26(22,23)20-11-18(21)24-5/h6-10,20H,11H2,1-5H3. The van der Waals surface area contributed by atoms with Gasteiger partial charge in [0.1, 0.15) is 18.0 Å². The van der Waals surface area contributed by atoms with Crippen molar-refractivity contribution < 1.29 is 22.7 Å². The number of sulfonamides is 1. The SMILES string of the molecule is COC(=O)CNS(=O)(=O)c1ccc(Oc2c(C)c(C)cc(C)c2C)cc1. The van der Waals surface area contributed by atoms with Crippen molar-refractivity contribution in [3.8, 4) is 11.5 Å². The topological polar surface area (TPSA) is 81.7 Å². The Labute approximate surface area is 154 Å². The number of aryl methyl sites for hydroxylation is 2. The monoisotopic (exact) mass is 377 g/mol. The maximum Gasteiger partial charge on any atom is 0.320 e. The number of benzene rings is 2. The first-order valence-corrected chi connectivity index (χ1v) is 9.56. The van der Waals surface area contributed by atoms with E-state index in [-0.39, 0.29) is 4.90 Å². The summed E-state index contributed by atoms with van der Waals surface area (Å²) in [5.41, 5.74) is 4.36. The van der Waals surface area contributed by atoms with Crippen molar-refractivity contribution in [2.75, 3.05) is 13.7 Å². The first kappa shape index (κ1) is 19.9. The Bertz CT molecular complexity index is 892. The molecule has 0 atom stereocenters. The van der Waals surface area contributed by atoms with Crippen LogP contribution in [0.3, 0.4) is 0 Å². The van der Waals surface area contributed by atoms with Crippen molar-refractivity contribution >= 4 is 16.0 Å². The molecule has 0 saturated heterocycles. The molecule has 0 aliphatic heterocycles. The summed E-state index contributed by atoms with van der Waals surface area (Å²) >= 11 is 0. The molecule has 0 amide bonds. The van der Waals surface area contributed by atoms with Crippen molar-refractivity contribution in [3.63, 3.8) is 0 Å². The molecule has 2 rings (SSSR count). The lowest BCUT2D eigenvalue weighted by atomic mass is 10.00. The number of methoxy groups -OCH3 is 1. The largest absolute Gasteiger partial charge is 0.468 e. The normalized spacial score (nSPS) is 11.3. The Kier molecular flexibility index (Phi) is 6.05. The Morgan fingerprint density at radius 1 is 1.00 bits per heavy atom. The van der Waals surface area contributed by atoms with E-state index in [1.165, 1.54) is 19.2 Å². The van der Waals surface area contributed by atoms with Crippen molar-refractivity contribution in [2.24, 2.45) is 0 Å². The quantitative estimate of drug-likeness (QED) is 0.782. The molecule has 6 nitrogen and oxygen atoms in total. The minimum absolute atomic E-state index is 0.0441. The van der Waals surface area contributed by atoms with Crippen LogP contribution in [0.2, 0.25) is 0 Å². The number of carbonyl (C=O) groups is 1. The van der Waals surface area contributed by atoms with E-state index in [1.54, 1.807) is 12.1 Å². The second kappa shape index (κ2) is 7.88. The van der Waals surface area contributed by atoms with E-state index in [9.17, 15) is 13.2 Å². The summed E-state index contributed by atoms with van der Waals surface area (Å²) in [6.45, 7) is 7.62. The zero-order valence-corrected chi connectivity index (χ0v) is 16.4. The lowest BCUT2D eigenvalue weighted by molar-refractivity contribution is -0.139. The van der Waals surface area contributed by atoms with Gasteiger partial charge in [-0.1, -0.05) is 6.07 Å². The zero-order chi connectivity index (χ0) is 19.5. The zero-order valence-electron chi connectivity index (χ0n) is 15.5. The van der Waals surface area contributed by atoms with Crippen LogP contribution in [0, 0.1) is 27.7 Å². The smallest absolute Gasteiger partial charge is 0.320 e. The van der Waals surface area contributed by atoms with E-state index >= 15 is 0 Å². The number of esters is 1. The maximum absolute atomic E-state index is 12.2. The highest BCUT2D eigenvalue weighted by atomic mass is 32.2. The summed E-state index contributed by atoms with van der Waals surface area (Å²) in [6, 6.07) is 8.15. The summed E-state index contributed by atoms with van der Waals surface area (Å²) in [6.07, 6.45) is 0.